The van der Waals surface area contributed by atoms with Gasteiger partial charge in [-0.2, -0.15) is 0 Å². The molecular weight excluding hydrogens is 326 g/mol. The summed E-state index contributed by atoms with van der Waals surface area (Å²) in [5, 5.41) is 0.686. The number of rotatable bonds is 3. The molecule has 0 radical (unpaired) electrons. The molecule has 0 saturated carbocycles. The van der Waals surface area contributed by atoms with Crippen LogP contribution < -0.4 is 0 Å². The fourth-order valence-corrected chi connectivity index (χ4v) is 3.83. The van der Waals surface area contributed by atoms with Crippen molar-refractivity contribution in [2.75, 3.05) is 13.2 Å². The number of H-pyrrole nitrogens is 1. The van der Waals surface area contributed by atoms with E-state index in [1.54, 1.807) is 6.20 Å². The number of imidazole rings is 1. The van der Waals surface area contributed by atoms with Crippen molar-refractivity contribution in [2.24, 2.45) is 0 Å². The van der Waals surface area contributed by atoms with Crippen molar-refractivity contribution in [1.29, 1.82) is 0 Å². The zero-order valence-electron chi connectivity index (χ0n) is 13.4. The molecule has 24 heavy (non-hydrogen) atoms. The van der Waals surface area contributed by atoms with Crippen LogP contribution in [0.4, 0.5) is 0 Å². The number of likely N-dealkylation sites (tertiary alicyclic amines) is 1. The van der Waals surface area contributed by atoms with Crippen LogP contribution in [-0.2, 0) is 9.53 Å². The molecule has 0 spiro atoms. The summed E-state index contributed by atoms with van der Waals surface area (Å²) in [4.78, 5) is 22.5. The molecule has 2 aliphatic heterocycles. The van der Waals surface area contributed by atoms with E-state index >= 15 is 0 Å². The van der Waals surface area contributed by atoms with Gasteiger partial charge >= 0.3 is 0 Å². The predicted molar refractivity (Wildman–Crippen MR) is 91.7 cm³/mol. The molecule has 5 nitrogen and oxygen atoms in total. The lowest BCUT2D eigenvalue weighted by Gasteiger charge is -2.25. The first-order valence-corrected chi connectivity index (χ1v) is 8.84. The van der Waals surface area contributed by atoms with Crippen LogP contribution in [0.15, 0.2) is 30.5 Å². The van der Waals surface area contributed by atoms with Crippen LogP contribution in [0.5, 0.6) is 0 Å². The van der Waals surface area contributed by atoms with Crippen LogP contribution in [0, 0.1) is 0 Å². The summed E-state index contributed by atoms with van der Waals surface area (Å²) in [5.74, 6) is 0.930. The second-order valence-electron chi connectivity index (χ2n) is 6.35. The number of carbonyl (C=O) groups excluding carboxylic acids is 1. The maximum atomic E-state index is 12.7. The second-order valence-corrected chi connectivity index (χ2v) is 6.76. The third-order valence-corrected chi connectivity index (χ3v) is 5.15. The average molecular weight is 346 g/mol. The van der Waals surface area contributed by atoms with Gasteiger partial charge in [-0.3, -0.25) is 4.79 Å². The zero-order valence-corrected chi connectivity index (χ0v) is 14.1. The minimum Gasteiger partial charge on any atom is -0.368 e. The van der Waals surface area contributed by atoms with Gasteiger partial charge in [-0.1, -0.05) is 29.8 Å². The van der Waals surface area contributed by atoms with Crippen molar-refractivity contribution in [1.82, 2.24) is 14.9 Å². The number of aromatic nitrogens is 2. The normalized spacial score (nSPS) is 23.8. The molecule has 2 fully saturated rings. The van der Waals surface area contributed by atoms with E-state index in [-0.39, 0.29) is 18.1 Å². The highest BCUT2D eigenvalue weighted by molar-refractivity contribution is 6.33. The third kappa shape index (κ3) is 2.82. The molecule has 2 atom stereocenters. The lowest BCUT2D eigenvalue weighted by Crippen LogP contribution is -2.38. The summed E-state index contributed by atoms with van der Waals surface area (Å²) in [6.45, 7) is 1.46. The van der Waals surface area contributed by atoms with Gasteiger partial charge < -0.3 is 14.6 Å². The topological polar surface area (TPSA) is 58.2 Å². The van der Waals surface area contributed by atoms with Gasteiger partial charge in [0, 0.05) is 23.7 Å². The summed E-state index contributed by atoms with van der Waals surface area (Å²) < 4.78 is 5.56. The molecule has 126 valence electrons. The number of nitrogens with one attached hydrogen (secondary N) is 1. The fraction of sp³-hybridized carbons (Fsp3) is 0.444. The number of hydrogen-bond donors (Lipinski definition) is 1. The van der Waals surface area contributed by atoms with Gasteiger partial charge in [0.1, 0.15) is 11.9 Å². The van der Waals surface area contributed by atoms with Crippen molar-refractivity contribution in [3.63, 3.8) is 0 Å². The van der Waals surface area contributed by atoms with Crippen molar-refractivity contribution in [3.8, 4) is 11.3 Å². The molecule has 1 amide bonds. The molecule has 1 aromatic heterocycles. The first kappa shape index (κ1) is 15.7. The average Bonchev–Trinajstić information content (AvgIpc) is 3.34. The Morgan fingerprint density at radius 2 is 2.17 bits per heavy atom. The number of amides is 1. The van der Waals surface area contributed by atoms with E-state index in [2.05, 4.69) is 9.97 Å². The van der Waals surface area contributed by atoms with E-state index in [1.807, 2.05) is 29.2 Å². The predicted octanol–water partition coefficient (Wildman–Crippen LogP) is 3.57. The Morgan fingerprint density at radius 3 is 2.96 bits per heavy atom. The van der Waals surface area contributed by atoms with E-state index in [4.69, 9.17) is 16.3 Å². The van der Waals surface area contributed by atoms with Gasteiger partial charge in [0.15, 0.2) is 0 Å². The van der Waals surface area contributed by atoms with E-state index in [0.717, 1.165) is 49.3 Å². The number of nitrogens with zero attached hydrogens (tertiary/aromatic N) is 2. The summed E-state index contributed by atoms with van der Waals surface area (Å²) in [7, 11) is 0. The molecule has 0 bridgehead atoms. The largest absolute Gasteiger partial charge is 0.368 e. The number of hydrogen-bond acceptors (Lipinski definition) is 3. The molecule has 2 aromatic rings. The maximum absolute atomic E-state index is 12.7. The molecule has 4 rings (SSSR count). The van der Waals surface area contributed by atoms with Gasteiger partial charge in [0.2, 0.25) is 0 Å². The van der Waals surface area contributed by atoms with Gasteiger partial charge in [0.05, 0.1) is 17.9 Å². The third-order valence-electron chi connectivity index (χ3n) is 4.82. The molecule has 0 unspecified atom stereocenters. The van der Waals surface area contributed by atoms with Gasteiger partial charge in [-0.25, -0.2) is 4.98 Å². The number of carbonyl (C=O) groups is 1. The molecule has 1 aromatic carbocycles. The van der Waals surface area contributed by atoms with Crippen molar-refractivity contribution in [2.45, 2.75) is 37.8 Å². The zero-order chi connectivity index (χ0) is 16.5. The minimum atomic E-state index is -0.274. The highest BCUT2D eigenvalue weighted by Crippen LogP contribution is 2.34. The van der Waals surface area contributed by atoms with Gasteiger partial charge in [-0.15, -0.1) is 0 Å². The van der Waals surface area contributed by atoms with Gasteiger partial charge in [0.25, 0.3) is 5.91 Å². The van der Waals surface area contributed by atoms with Crippen LogP contribution in [0.25, 0.3) is 11.3 Å². The van der Waals surface area contributed by atoms with Crippen LogP contribution >= 0.6 is 11.6 Å². The van der Waals surface area contributed by atoms with E-state index in [0.29, 0.717) is 11.6 Å². The Bertz CT molecular complexity index is 739. The Balaban J connectivity index is 1.57. The first-order chi connectivity index (χ1) is 11.7. The lowest BCUT2D eigenvalue weighted by atomic mass is 10.1. The standard InChI is InChI=1S/C18H20ClN3O2/c19-13-6-2-1-5-12(13)14-11-20-17(21-14)15-7-3-9-22(15)18(23)16-8-4-10-24-16/h1-2,5-6,11,15-16H,3-4,7-10H2,(H,20,21)/t15-,16-/m0/s1. The SMILES string of the molecule is O=C([C@@H]1CCCO1)N1CCC[C@H]1c1ncc(-c2ccccc2Cl)[nH]1. The molecule has 6 heteroatoms. The quantitative estimate of drug-likeness (QED) is 0.925. The molecule has 2 saturated heterocycles. The van der Waals surface area contributed by atoms with Crippen LogP contribution in [0.2, 0.25) is 5.02 Å². The summed E-state index contributed by atoms with van der Waals surface area (Å²) in [5.41, 5.74) is 1.81. The number of aromatic amines is 1. The Hall–Kier alpha value is -1.85. The highest BCUT2D eigenvalue weighted by atomic mass is 35.5. The molecule has 3 heterocycles. The molecule has 2 aliphatic rings. The van der Waals surface area contributed by atoms with E-state index in [9.17, 15) is 4.79 Å². The van der Waals surface area contributed by atoms with Gasteiger partial charge in [-0.05, 0) is 31.7 Å². The van der Waals surface area contributed by atoms with Crippen molar-refractivity contribution in [3.05, 3.63) is 41.3 Å². The fourth-order valence-electron chi connectivity index (χ4n) is 3.59. The van der Waals surface area contributed by atoms with Crippen LogP contribution in [0.3, 0.4) is 0 Å². The maximum Gasteiger partial charge on any atom is 0.252 e. The Morgan fingerprint density at radius 1 is 1.29 bits per heavy atom. The second kappa shape index (κ2) is 6.57. The van der Waals surface area contributed by atoms with Crippen LogP contribution in [-0.4, -0.2) is 40.0 Å². The van der Waals surface area contributed by atoms with Crippen molar-refractivity contribution >= 4 is 17.5 Å². The monoisotopic (exact) mass is 345 g/mol. The summed E-state index contributed by atoms with van der Waals surface area (Å²) in [6.07, 6.45) is 5.23. The van der Waals surface area contributed by atoms with E-state index in [1.165, 1.54) is 0 Å². The Kier molecular flexibility index (Phi) is 4.29. The number of halogens is 1. The first-order valence-electron chi connectivity index (χ1n) is 8.46. The number of benzene rings is 1. The lowest BCUT2D eigenvalue weighted by molar-refractivity contribution is -0.142. The van der Waals surface area contributed by atoms with E-state index < -0.39 is 0 Å². The number of ether oxygens (including phenoxy) is 1. The van der Waals surface area contributed by atoms with Crippen LogP contribution in [0.1, 0.15) is 37.5 Å². The summed E-state index contributed by atoms with van der Waals surface area (Å²) >= 11 is 6.26. The highest BCUT2D eigenvalue weighted by Gasteiger charge is 2.37. The molecule has 1 N–H and O–H groups in total. The van der Waals surface area contributed by atoms with Crippen molar-refractivity contribution < 1.29 is 9.53 Å². The molecule has 0 aliphatic carbocycles. The Labute approximate surface area is 146 Å². The smallest absolute Gasteiger partial charge is 0.252 e. The summed E-state index contributed by atoms with van der Waals surface area (Å²) in [6, 6.07) is 7.68. The molecular formula is C18H20ClN3O2. The minimum absolute atomic E-state index is 0.00191.